The lowest BCUT2D eigenvalue weighted by molar-refractivity contribution is -0.132. The van der Waals surface area contributed by atoms with Gasteiger partial charge in [-0.3, -0.25) is 0 Å². The SMILES string of the molecule is CNC1CCOCC1.NCCC(F)(F)F. The molecule has 1 rings (SSSR count). The molecule has 0 aromatic heterocycles. The standard InChI is InChI=1S/C6H13NO.C3H6F3N/c1-7-6-2-4-8-5-3-6;4-3(5,6)1-2-7/h6-7H,2-5H2,1H3;1-2,7H2. The van der Waals surface area contributed by atoms with Crippen LogP contribution in [0.2, 0.25) is 0 Å². The molecule has 0 aliphatic carbocycles. The van der Waals surface area contributed by atoms with Crippen molar-refractivity contribution in [2.24, 2.45) is 5.73 Å². The molecule has 1 heterocycles. The first kappa shape index (κ1) is 14.7. The molecule has 3 N–H and O–H groups in total. The summed E-state index contributed by atoms with van der Waals surface area (Å²) >= 11 is 0. The molecule has 0 radical (unpaired) electrons. The van der Waals surface area contributed by atoms with Crippen LogP contribution in [-0.4, -0.2) is 39.0 Å². The maximum Gasteiger partial charge on any atom is 0.390 e. The van der Waals surface area contributed by atoms with E-state index in [1.54, 1.807) is 0 Å². The Kier molecular flexibility index (Phi) is 7.72. The molecular formula is C9H19F3N2O. The van der Waals surface area contributed by atoms with Crippen LogP contribution in [0.1, 0.15) is 19.3 Å². The Labute approximate surface area is 88.2 Å². The number of hydrogen-bond donors (Lipinski definition) is 2. The first-order chi connectivity index (χ1) is 6.99. The molecule has 0 saturated carbocycles. The summed E-state index contributed by atoms with van der Waals surface area (Å²) in [5, 5.41) is 3.22. The summed E-state index contributed by atoms with van der Waals surface area (Å²) in [6.07, 6.45) is -2.60. The van der Waals surface area contributed by atoms with Gasteiger partial charge in [0.1, 0.15) is 0 Å². The lowest BCUT2D eigenvalue weighted by atomic mass is 10.1. The van der Waals surface area contributed by atoms with Crippen molar-refractivity contribution in [1.82, 2.24) is 5.32 Å². The third-order valence-electron chi connectivity index (χ3n) is 2.06. The molecule has 0 amide bonds. The summed E-state index contributed by atoms with van der Waals surface area (Å²) in [5.74, 6) is 0. The Morgan fingerprint density at radius 3 is 2.07 bits per heavy atom. The Hall–Kier alpha value is -0.330. The van der Waals surface area contributed by atoms with Gasteiger partial charge in [0.05, 0.1) is 6.42 Å². The highest BCUT2D eigenvalue weighted by atomic mass is 19.4. The maximum atomic E-state index is 11.0. The third kappa shape index (κ3) is 9.96. The van der Waals surface area contributed by atoms with Gasteiger partial charge in [0.2, 0.25) is 0 Å². The molecule has 0 atom stereocenters. The Morgan fingerprint density at radius 2 is 1.87 bits per heavy atom. The summed E-state index contributed by atoms with van der Waals surface area (Å²) in [7, 11) is 2.01. The predicted octanol–water partition coefficient (Wildman–Crippen LogP) is 1.28. The molecule has 0 aromatic carbocycles. The molecule has 0 spiro atoms. The van der Waals surface area contributed by atoms with Crippen molar-refractivity contribution in [2.45, 2.75) is 31.5 Å². The van der Waals surface area contributed by atoms with Crippen LogP contribution in [0.4, 0.5) is 13.2 Å². The molecule has 1 aliphatic rings. The van der Waals surface area contributed by atoms with E-state index in [0.717, 1.165) is 13.2 Å². The van der Waals surface area contributed by atoms with E-state index >= 15 is 0 Å². The van der Waals surface area contributed by atoms with Gasteiger partial charge in [0.25, 0.3) is 0 Å². The van der Waals surface area contributed by atoms with Crippen molar-refractivity contribution in [3.63, 3.8) is 0 Å². The second-order valence-corrected chi connectivity index (χ2v) is 3.33. The van der Waals surface area contributed by atoms with Crippen LogP contribution in [0.3, 0.4) is 0 Å². The van der Waals surface area contributed by atoms with Crippen LogP contribution >= 0.6 is 0 Å². The zero-order valence-corrected chi connectivity index (χ0v) is 8.94. The van der Waals surface area contributed by atoms with Gasteiger partial charge in [-0.2, -0.15) is 13.2 Å². The largest absolute Gasteiger partial charge is 0.390 e. The van der Waals surface area contributed by atoms with Crippen LogP contribution in [-0.2, 0) is 4.74 Å². The van der Waals surface area contributed by atoms with Gasteiger partial charge in [-0.25, -0.2) is 0 Å². The maximum absolute atomic E-state index is 11.0. The van der Waals surface area contributed by atoms with Crippen molar-refractivity contribution in [3.8, 4) is 0 Å². The molecular weight excluding hydrogens is 209 g/mol. The van der Waals surface area contributed by atoms with Crippen molar-refractivity contribution in [1.29, 1.82) is 0 Å². The van der Waals surface area contributed by atoms with Crippen LogP contribution in [0.15, 0.2) is 0 Å². The van der Waals surface area contributed by atoms with Crippen LogP contribution in [0.5, 0.6) is 0 Å². The number of alkyl halides is 3. The molecule has 1 aliphatic heterocycles. The van der Waals surface area contributed by atoms with Gasteiger partial charge in [-0.1, -0.05) is 0 Å². The van der Waals surface area contributed by atoms with E-state index in [2.05, 4.69) is 11.1 Å². The lowest BCUT2D eigenvalue weighted by Crippen LogP contribution is -2.31. The fraction of sp³-hybridized carbons (Fsp3) is 1.00. The van der Waals surface area contributed by atoms with E-state index in [1.807, 2.05) is 7.05 Å². The van der Waals surface area contributed by atoms with Gasteiger partial charge < -0.3 is 15.8 Å². The molecule has 6 heteroatoms. The Morgan fingerprint density at radius 1 is 1.33 bits per heavy atom. The second-order valence-electron chi connectivity index (χ2n) is 3.33. The average Bonchev–Trinajstić information content (AvgIpc) is 2.18. The van der Waals surface area contributed by atoms with Crippen molar-refractivity contribution >= 4 is 0 Å². The molecule has 1 saturated heterocycles. The van der Waals surface area contributed by atoms with Gasteiger partial charge in [0, 0.05) is 25.8 Å². The van der Waals surface area contributed by atoms with Crippen LogP contribution in [0.25, 0.3) is 0 Å². The smallest absolute Gasteiger partial charge is 0.381 e. The van der Waals surface area contributed by atoms with Gasteiger partial charge in [-0.05, 0) is 19.9 Å². The van der Waals surface area contributed by atoms with E-state index in [0.29, 0.717) is 6.04 Å². The minimum Gasteiger partial charge on any atom is -0.381 e. The summed E-state index contributed by atoms with van der Waals surface area (Å²) in [5.41, 5.74) is 4.59. The highest BCUT2D eigenvalue weighted by Crippen LogP contribution is 2.17. The van der Waals surface area contributed by atoms with Gasteiger partial charge in [0.15, 0.2) is 0 Å². The van der Waals surface area contributed by atoms with Crippen molar-refractivity contribution in [3.05, 3.63) is 0 Å². The fourth-order valence-corrected chi connectivity index (χ4v) is 1.15. The van der Waals surface area contributed by atoms with E-state index in [4.69, 9.17) is 4.74 Å². The Balaban J connectivity index is 0.000000265. The van der Waals surface area contributed by atoms with Crippen LogP contribution < -0.4 is 11.1 Å². The normalized spacial score (nSPS) is 18.2. The molecule has 0 aromatic rings. The van der Waals surface area contributed by atoms with E-state index in [1.165, 1.54) is 12.8 Å². The third-order valence-corrected chi connectivity index (χ3v) is 2.06. The molecule has 3 nitrogen and oxygen atoms in total. The fourth-order valence-electron chi connectivity index (χ4n) is 1.15. The highest BCUT2D eigenvalue weighted by molar-refractivity contribution is 4.66. The summed E-state index contributed by atoms with van der Waals surface area (Å²) < 4.78 is 38.1. The van der Waals surface area contributed by atoms with E-state index in [9.17, 15) is 13.2 Å². The number of halogens is 3. The minimum absolute atomic E-state index is 0.316. The number of nitrogens with two attached hydrogens (primary N) is 1. The minimum atomic E-state index is -4.07. The average molecular weight is 228 g/mol. The van der Waals surface area contributed by atoms with Crippen molar-refractivity contribution < 1.29 is 17.9 Å². The van der Waals surface area contributed by atoms with E-state index in [-0.39, 0.29) is 6.54 Å². The summed E-state index contributed by atoms with van der Waals surface area (Å²) in [4.78, 5) is 0. The quantitative estimate of drug-likeness (QED) is 0.748. The van der Waals surface area contributed by atoms with Crippen molar-refractivity contribution in [2.75, 3.05) is 26.8 Å². The topological polar surface area (TPSA) is 47.3 Å². The lowest BCUT2D eigenvalue weighted by Gasteiger charge is -2.20. The zero-order valence-electron chi connectivity index (χ0n) is 8.94. The van der Waals surface area contributed by atoms with Gasteiger partial charge in [-0.15, -0.1) is 0 Å². The number of nitrogens with one attached hydrogen (secondary N) is 1. The Bertz CT molecular complexity index is 147. The number of hydrogen-bond acceptors (Lipinski definition) is 3. The molecule has 15 heavy (non-hydrogen) atoms. The summed E-state index contributed by atoms with van der Waals surface area (Å²) in [6, 6.07) is 0.712. The van der Waals surface area contributed by atoms with Gasteiger partial charge >= 0.3 is 6.18 Å². The predicted molar refractivity (Wildman–Crippen MR) is 52.6 cm³/mol. The molecule has 92 valence electrons. The summed E-state index contributed by atoms with van der Waals surface area (Å²) in [6.45, 7) is 1.56. The number of rotatable bonds is 2. The zero-order chi connectivity index (χ0) is 11.7. The number of ether oxygens (including phenoxy) is 1. The second kappa shape index (κ2) is 7.90. The first-order valence-corrected chi connectivity index (χ1v) is 5.01. The van der Waals surface area contributed by atoms with E-state index < -0.39 is 12.6 Å². The first-order valence-electron chi connectivity index (χ1n) is 5.01. The van der Waals surface area contributed by atoms with Crippen LogP contribution in [0, 0.1) is 0 Å². The molecule has 1 fully saturated rings. The highest BCUT2D eigenvalue weighted by Gasteiger charge is 2.24. The molecule has 0 bridgehead atoms. The monoisotopic (exact) mass is 228 g/mol. The molecule has 0 unspecified atom stereocenters.